The number of carbonyl (C=O) groups excluding carboxylic acids is 2. The fourth-order valence-corrected chi connectivity index (χ4v) is 4.89. The van der Waals surface area contributed by atoms with Crippen molar-refractivity contribution in [3.8, 4) is 17.0 Å². The van der Waals surface area contributed by atoms with E-state index in [4.69, 9.17) is 4.52 Å². The van der Waals surface area contributed by atoms with Gasteiger partial charge in [0.25, 0.3) is 0 Å². The van der Waals surface area contributed by atoms with Gasteiger partial charge in [0.15, 0.2) is 5.76 Å². The van der Waals surface area contributed by atoms with Gasteiger partial charge in [-0.15, -0.1) is 13.2 Å². The van der Waals surface area contributed by atoms with Crippen molar-refractivity contribution in [1.82, 2.24) is 20.3 Å². The Labute approximate surface area is 198 Å². The summed E-state index contributed by atoms with van der Waals surface area (Å²) < 4.78 is 60.3. The van der Waals surface area contributed by atoms with Crippen LogP contribution in [0.15, 0.2) is 28.8 Å². The van der Waals surface area contributed by atoms with Crippen molar-refractivity contribution in [3.63, 3.8) is 0 Å². The number of aromatic nitrogens is 1. The van der Waals surface area contributed by atoms with Gasteiger partial charge in [0.05, 0.1) is 12.6 Å². The molecule has 2 heterocycles. The second kappa shape index (κ2) is 8.72. The van der Waals surface area contributed by atoms with Gasteiger partial charge >= 0.3 is 12.4 Å². The normalized spacial score (nSPS) is 23.5. The molecule has 3 unspecified atom stereocenters. The van der Waals surface area contributed by atoms with E-state index < -0.39 is 17.9 Å². The summed E-state index contributed by atoms with van der Waals surface area (Å²) in [5.74, 6) is -0.933. The maximum atomic E-state index is 13.8. The van der Waals surface area contributed by atoms with Gasteiger partial charge in [-0.05, 0) is 43.7 Å². The summed E-state index contributed by atoms with van der Waals surface area (Å²) in [6, 6.07) is 4.14. The first-order chi connectivity index (χ1) is 16.6. The number of benzene rings is 1. The lowest BCUT2D eigenvalue weighted by Crippen LogP contribution is -2.55. The number of alkyl halides is 3. The smallest absolute Gasteiger partial charge is 0.406 e. The Hall–Kier alpha value is -3.31. The zero-order valence-corrected chi connectivity index (χ0v) is 18.8. The van der Waals surface area contributed by atoms with Crippen molar-refractivity contribution in [3.05, 3.63) is 35.8 Å². The molecule has 0 radical (unpaired) electrons. The molecule has 2 aliphatic carbocycles. The maximum Gasteiger partial charge on any atom is 0.573 e. The number of likely N-dealkylation sites (tertiary alicyclic amines) is 1. The molecule has 188 valence electrons. The predicted octanol–water partition coefficient (Wildman–Crippen LogP) is 4.06. The summed E-state index contributed by atoms with van der Waals surface area (Å²) in [4.78, 5) is 28.8. The van der Waals surface area contributed by atoms with Crippen LogP contribution < -0.4 is 10.1 Å². The molecule has 5 rings (SSSR count). The highest BCUT2D eigenvalue weighted by molar-refractivity contribution is 5.77. The zero-order chi connectivity index (χ0) is 24.9. The van der Waals surface area contributed by atoms with E-state index in [0.29, 0.717) is 24.6 Å². The van der Waals surface area contributed by atoms with E-state index in [1.807, 2.05) is 9.80 Å². The number of nitrogens with zero attached hydrogens (tertiary/aromatic N) is 3. The van der Waals surface area contributed by atoms with E-state index in [1.54, 1.807) is 6.92 Å². The van der Waals surface area contributed by atoms with Crippen molar-refractivity contribution < 1.29 is 36.4 Å². The Morgan fingerprint density at radius 2 is 1.97 bits per heavy atom. The molecule has 3 atom stereocenters. The third-order valence-electron chi connectivity index (χ3n) is 6.61. The Kier molecular flexibility index (Phi) is 5.84. The second-order valence-corrected chi connectivity index (χ2v) is 9.32. The fourth-order valence-electron chi connectivity index (χ4n) is 4.89. The Morgan fingerprint density at radius 3 is 2.66 bits per heavy atom. The molecule has 1 N–H and O–H groups in total. The first-order valence-corrected chi connectivity index (χ1v) is 11.4. The third-order valence-corrected chi connectivity index (χ3v) is 6.61. The van der Waals surface area contributed by atoms with E-state index in [9.17, 15) is 27.2 Å². The van der Waals surface area contributed by atoms with Crippen molar-refractivity contribution in [2.24, 2.45) is 5.92 Å². The van der Waals surface area contributed by atoms with Crippen LogP contribution in [0.5, 0.6) is 5.75 Å². The highest BCUT2D eigenvalue weighted by Gasteiger charge is 2.51. The highest BCUT2D eigenvalue weighted by atomic mass is 19.4. The van der Waals surface area contributed by atoms with Gasteiger partial charge in [-0.2, -0.15) is 0 Å². The summed E-state index contributed by atoms with van der Waals surface area (Å²) >= 11 is 0. The number of fused-ring (bicyclic) bond motifs is 1. The molecule has 1 aromatic heterocycles. The molecular weight excluding hydrogens is 472 g/mol. The highest BCUT2D eigenvalue weighted by Crippen LogP contribution is 2.45. The number of carbonyl (C=O) groups is 2. The molecular formula is C23H24F4N4O4. The lowest BCUT2D eigenvalue weighted by atomic mass is 10.0. The molecule has 0 bridgehead atoms. The summed E-state index contributed by atoms with van der Waals surface area (Å²) in [6.45, 7) is 2.07. The lowest BCUT2D eigenvalue weighted by Gasteiger charge is -2.39. The minimum Gasteiger partial charge on any atom is -0.406 e. The predicted molar refractivity (Wildman–Crippen MR) is 113 cm³/mol. The Balaban J connectivity index is 1.24. The van der Waals surface area contributed by atoms with Crippen molar-refractivity contribution in [1.29, 1.82) is 0 Å². The standard InChI is InChI=1S/C23H24F4N4O4/c1-12(32)30-11-17(5-14-7-21(14)30)31(16-2-3-16)22(33)28-10-19-9-20(29-35-19)13-4-15(24)8-18(6-13)34-23(25,26)27/h4,6,8-9,14,16-17,21H,2-3,5,7,10-11H2,1H3,(H,28,33). The summed E-state index contributed by atoms with van der Waals surface area (Å²) in [6.07, 6.45) is -1.30. The quantitative estimate of drug-likeness (QED) is 0.610. The number of piperidine rings is 1. The van der Waals surface area contributed by atoms with Crippen molar-refractivity contribution in [2.75, 3.05) is 6.54 Å². The van der Waals surface area contributed by atoms with Crippen LogP contribution in [0.3, 0.4) is 0 Å². The minimum atomic E-state index is -4.96. The lowest BCUT2D eigenvalue weighted by molar-refractivity contribution is -0.274. The molecule has 2 aromatic rings. The van der Waals surface area contributed by atoms with Gasteiger partial charge in [0.1, 0.15) is 17.3 Å². The molecule has 0 spiro atoms. The average molecular weight is 496 g/mol. The first kappa shape index (κ1) is 23.4. The molecule has 12 heteroatoms. The van der Waals surface area contributed by atoms with Crippen LogP contribution in [-0.4, -0.2) is 57.9 Å². The van der Waals surface area contributed by atoms with Crippen molar-refractivity contribution in [2.45, 2.75) is 63.6 Å². The van der Waals surface area contributed by atoms with Gasteiger partial charge in [-0.25, -0.2) is 9.18 Å². The molecule has 35 heavy (non-hydrogen) atoms. The fraction of sp³-hybridized carbons (Fsp3) is 0.522. The molecule has 3 amide bonds. The second-order valence-electron chi connectivity index (χ2n) is 9.32. The van der Waals surface area contributed by atoms with Gasteiger partial charge in [0.2, 0.25) is 5.91 Å². The number of halogens is 4. The number of hydrogen-bond donors (Lipinski definition) is 1. The SMILES string of the molecule is CC(=O)N1CC(N(C(=O)NCc2cc(-c3cc(F)cc(OC(F)(F)F)c3)no2)C2CC2)CC2CC21. The number of hydrogen-bond acceptors (Lipinski definition) is 5. The number of amides is 3. The molecule has 3 fully saturated rings. The van der Waals surface area contributed by atoms with E-state index in [1.165, 1.54) is 6.07 Å². The summed E-state index contributed by atoms with van der Waals surface area (Å²) in [5, 5.41) is 6.59. The van der Waals surface area contributed by atoms with Crippen LogP contribution >= 0.6 is 0 Å². The minimum absolute atomic E-state index is 0.00846. The van der Waals surface area contributed by atoms with Crippen LogP contribution in [-0.2, 0) is 11.3 Å². The van der Waals surface area contributed by atoms with Crippen LogP contribution in [0.2, 0.25) is 0 Å². The third kappa shape index (κ3) is 5.35. The molecule has 1 saturated heterocycles. The molecule has 3 aliphatic rings. The summed E-state index contributed by atoms with van der Waals surface area (Å²) in [5.41, 5.74) is 0.139. The van der Waals surface area contributed by atoms with Crippen LogP contribution in [0.4, 0.5) is 22.4 Å². The number of rotatable bonds is 6. The first-order valence-electron chi connectivity index (χ1n) is 11.4. The van der Waals surface area contributed by atoms with Gasteiger partial charge in [0, 0.05) is 43.2 Å². The van der Waals surface area contributed by atoms with E-state index in [2.05, 4.69) is 15.2 Å². The Bertz CT molecular complexity index is 1130. The Morgan fingerprint density at radius 1 is 1.20 bits per heavy atom. The van der Waals surface area contributed by atoms with Crippen LogP contribution in [0.25, 0.3) is 11.3 Å². The monoisotopic (exact) mass is 496 g/mol. The van der Waals surface area contributed by atoms with Crippen LogP contribution in [0.1, 0.15) is 38.4 Å². The topological polar surface area (TPSA) is 87.9 Å². The molecule has 1 aromatic carbocycles. The van der Waals surface area contributed by atoms with Gasteiger partial charge < -0.3 is 24.4 Å². The average Bonchev–Trinajstić information content (AvgIpc) is 3.68. The van der Waals surface area contributed by atoms with Gasteiger partial charge in [-0.3, -0.25) is 4.79 Å². The number of ether oxygens (including phenoxy) is 1. The molecule has 2 saturated carbocycles. The van der Waals surface area contributed by atoms with Gasteiger partial charge in [-0.1, -0.05) is 5.16 Å². The number of nitrogens with one attached hydrogen (secondary N) is 1. The summed E-state index contributed by atoms with van der Waals surface area (Å²) in [7, 11) is 0. The largest absolute Gasteiger partial charge is 0.573 e. The van der Waals surface area contributed by atoms with E-state index in [-0.39, 0.29) is 47.6 Å². The molecule has 8 nitrogen and oxygen atoms in total. The zero-order valence-electron chi connectivity index (χ0n) is 18.8. The number of urea groups is 1. The van der Waals surface area contributed by atoms with E-state index >= 15 is 0 Å². The van der Waals surface area contributed by atoms with E-state index in [0.717, 1.165) is 37.8 Å². The molecule has 1 aliphatic heterocycles. The van der Waals surface area contributed by atoms with Crippen molar-refractivity contribution >= 4 is 11.9 Å². The maximum absolute atomic E-state index is 13.8. The van der Waals surface area contributed by atoms with Crippen LogP contribution in [0, 0.1) is 11.7 Å².